The van der Waals surface area contributed by atoms with Crippen molar-refractivity contribution in [3.63, 3.8) is 0 Å². The summed E-state index contributed by atoms with van der Waals surface area (Å²) in [5.41, 5.74) is 1.15. The van der Waals surface area contributed by atoms with Crippen molar-refractivity contribution in [2.45, 2.75) is 32.4 Å². The summed E-state index contributed by atoms with van der Waals surface area (Å²) in [6.45, 7) is 3.80. The zero-order chi connectivity index (χ0) is 19.8. The maximum absolute atomic E-state index is 12.4. The van der Waals surface area contributed by atoms with Crippen molar-refractivity contribution >= 4 is 17.8 Å². The van der Waals surface area contributed by atoms with Gasteiger partial charge in [0.2, 0.25) is 0 Å². The van der Waals surface area contributed by atoms with E-state index in [1.54, 1.807) is 18.0 Å². The van der Waals surface area contributed by atoms with Crippen LogP contribution in [0.1, 0.15) is 35.9 Å². The minimum Gasteiger partial charge on any atom is -0.450 e. The van der Waals surface area contributed by atoms with Crippen LogP contribution < -0.4 is 10.6 Å². The normalized spacial score (nSPS) is 14.4. The molecule has 148 valence electrons. The Bertz CT molecular complexity index is 776. The zero-order valence-electron chi connectivity index (χ0n) is 15.8. The highest BCUT2D eigenvalue weighted by Crippen LogP contribution is 2.12. The molecule has 0 aliphatic carbocycles. The number of hydrogen-bond acceptors (Lipinski definition) is 7. The zero-order valence-corrected chi connectivity index (χ0v) is 15.8. The van der Waals surface area contributed by atoms with Gasteiger partial charge in [0.05, 0.1) is 31.2 Å². The number of pyridine rings is 1. The number of carbonyl (C=O) groups excluding carboxylic acids is 2. The largest absolute Gasteiger partial charge is 0.450 e. The highest BCUT2D eigenvalue weighted by atomic mass is 16.6. The fourth-order valence-corrected chi connectivity index (χ4v) is 2.90. The lowest BCUT2D eigenvalue weighted by atomic mass is 10.1. The predicted octanol–water partition coefficient (Wildman–Crippen LogP) is 1.83. The third-order valence-corrected chi connectivity index (χ3v) is 4.42. The molecule has 0 unspecified atom stereocenters. The molecule has 2 N–H and O–H groups in total. The number of carbonyl (C=O) groups is 2. The van der Waals surface area contributed by atoms with Crippen LogP contribution >= 0.6 is 0 Å². The molecule has 0 bridgehead atoms. The summed E-state index contributed by atoms with van der Waals surface area (Å²) in [4.78, 5) is 38.4. The molecule has 1 aliphatic rings. The molecule has 2 aromatic heterocycles. The first-order valence-corrected chi connectivity index (χ1v) is 9.34. The number of anilines is 1. The second kappa shape index (κ2) is 9.63. The average molecular weight is 384 g/mol. The first kappa shape index (κ1) is 19.5. The number of rotatable bonds is 6. The molecule has 9 nitrogen and oxygen atoms in total. The molecule has 1 saturated heterocycles. The van der Waals surface area contributed by atoms with E-state index in [0.29, 0.717) is 44.9 Å². The summed E-state index contributed by atoms with van der Waals surface area (Å²) in [6, 6.07) is 5.69. The standard InChI is InChI=1S/C19H24N6O3/c1-2-28-19(27)25-9-6-14(7-10-25)24-18(26)16-12-23-17(13-21-16)22-11-15-5-3-4-8-20-15/h3-5,8,12-14H,2,6-7,9-11H2,1H3,(H,22,23)(H,24,26). The van der Waals surface area contributed by atoms with E-state index in [1.165, 1.54) is 12.4 Å². The van der Waals surface area contributed by atoms with Crippen LogP contribution in [-0.2, 0) is 11.3 Å². The van der Waals surface area contributed by atoms with E-state index < -0.39 is 0 Å². The van der Waals surface area contributed by atoms with Gasteiger partial charge in [0, 0.05) is 25.3 Å². The third kappa shape index (κ3) is 5.38. The third-order valence-electron chi connectivity index (χ3n) is 4.42. The molecule has 9 heteroatoms. The van der Waals surface area contributed by atoms with Crippen LogP contribution in [0.25, 0.3) is 0 Å². The smallest absolute Gasteiger partial charge is 0.409 e. The lowest BCUT2D eigenvalue weighted by Gasteiger charge is -2.31. The number of hydrogen-bond donors (Lipinski definition) is 2. The number of nitrogens with one attached hydrogen (secondary N) is 2. The minimum absolute atomic E-state index is 0.00179. The molecule has 3 heterocycles. The van der Waals surface area contributed by atoms with Gasteiger partial charge in [-0.05, 0) is 31.9 Å². The monoisotopic (exact) mass is 384 g/mol. The number of nitrogens with zero attached hydrogens (tertiary/aromatic N) is 4. The summed E-state index contributed by atoms with van der Waals surface area (Å²) in [5, 5.41) is 6.07. The van der Waals surface area contributed by atoms with E-state index in [9.17, 15) is 9.59 Å². The van der Waals surface area contributed by atoms with Gasteiger partial charge in [-0.1, -0.05) is 6.07 Å². The molecule has 0 aromatic carbocycles. The highest BCUT2D eigenvalue weighted by molar-refractivity contribution is 5.92. The molecule has 3 rings (SSSR count). The molecule has 1 aliphatic heterocycles. The fourth-order valence-electron chi connectivity index (χ4n) is 2.90. The van der Waals surface area contributed by atoms with Crippen molar-refractivity contribution in [2.75, 3.05) is 25.0 Å². The molecule has 2 amide bonds. The topological polar surface area (TPSA) is 109 Å². The minimum atomic E-state index is -0.299. The summed E-state index contributed by atoms with van der Waals surface area (Å²) < 4.78 is 5.00. The SMILES string of the molecule is CCOC(=O)N1CCC(NC(=O)c2cnc(NCc3ccccn3)cn2)CC1. The van der Waals surface area contributed by atoms with Gasteiger partial charge in [-0.3, -0.25) is 9.78 Å². The van der Waals surface area contributed by atoms with Gasteiger partial charge in [-0.2, -0.15) is 0 Å². The van der Waals surface area contributed by atoms with Crippen LogP contribution in [0.15, 0.2) is 36.8 Å². The predicted molar refractivity (Wildman–Crippen MR) is 103 cm³/mol. The van der Waals surface area contributed by atoms with Crippen molar-refractivity contribution in [3.8, 4) is 0 Å². The lowest BCUT2D eigenvalue weighted by molar-refractivity contribution is 0.0856. The Morgan fingerprint density at radius 2 is 2.00 bits per heavy atom. The molecular weight excluding hydrogens is 360 g/mol. The number of aromatic nitrogens is 3. The van der Waals surface area contributed by atoms with E-state index in [1.807, 2.05) is 18.2 Å². The van der Waals surface area contributed by atoms with E-state index in [0.717, 1.165) is 5.69 Å². The Morgan fingerprint density at radius 1 is 1.18 bits per heavy atom. The Hall–Kier alpha value is -3.23. The maximum Gasteiger partial charge on any atom is 0.409 e. The Balaban J connectivity index is 1.45. The number of ether oxygens (including phenoxy) is 1. The number of piperidine rings is 1. The van der Waals surface area contributed by atoms with Gasteiger partial charge in [0.1, 0.15) is 11.5 Å². The van der Waals surface area contributed by atoms with E-state index >= 15 is 0 Å². The maximum atomic E-state index is 12.4. The van der Waals surface area contributed by atoms with Gasteiger partial charge < -0.3 is 20.3 Å². The number of amides is 2. The van der Waals surface area contributed by atoms with E-state index in [4.69, 9.17) is 4.74 Å². The molecular formula is C19H24N6O3. The van der Waals surface area contributed by atoms with Crippen LogP contribution in [-0.4, -0.2) is 57.6 Å². The summed E-state index contributed by atoms with van der Waals surface area (Å²) in [6.07, 6.45) is 5.77. The molecule has 0 spiro atoms. The molecule has 0 radical (unpaired) electrons. The van der Waals surface area contributed by atoms with Gasteiger partial charge in [0.15, 0.2) is 0 Å². The molecule has 0 saturated carbocycles. The van der Waals surface area contributed by atoms with Crippen molar-refractivity contribution in [1.29, 1.82) is 0 Å². The summed E-state index contributed by atoms with van der Waals surface area (Å²) >= 11 is 0. The van der Waals surface area contributed by atoms with Crippen LogP contribution in [0.3, 0.4) is 0 Å². The quantitative estimate of drug-likeness (QED) is 0.782. The Kier molecular flexibility index (Phi) is 6.72. The second-order valence-corrected chi connectivity index (χ2v) is 6.40. The lowest BCUT2D eigenvalue weighted by Crippen LogP contribution is -2.46. The average Bonchev–Trinajstić information content (AvgIpc) is 2.74. The summed E-state index contributed by atoms with van der Waals surface area (Å²) in [7, 11) is 0. The van der Waals surface area contributed by atoms with Crippen molar-refractivity contribution < 1.29 is 14.3 Å². The van der Waals surface area contributed by atoms with Gasteiger partial charge >= 0.3 is 6.09 Å². The van der Waals surface area contributed by atoms with Crippen LogP contribution in [0, 0.1) is 0 Å². The fraction of sp³-hybridized carbons (Fsp3) is 0.421. The van der Waals surface area contributed by atoms with Crippen molar-refractivity contribution in [3.05, 3.63) is 48.2 Å². The molecule has 2 aromatic rings. The van der Waals surface area contributed by atoms with E-state index in [-0.39, 0.29) is 23.7 Å². The van der Waals surface area contributed by atoms with Crippen LogP contribution in [0.4, 0.5) is 10.6 Å². The highest BCUT2D eigenvalue weighted by Gasteiger charge is 2.25. The molecule has 1 fully saturated rings. The first-order chi connectivity index (χ1) is 13.7. The van der Waals surface area contributed by atoms with Crippen LogP contribution in [0.2, 0.25) is 0 Å². The van der Waals surface area contributed by atoms with Gasteiger partial charge in [-0.15, -0.1) is 0 Å². The van der Waals surface area contributed by atoms with Gasteiger partial charge in [-0.25, -0.2) is 14.8 Å². The summed E-state index contributed by atoms with van der Waals surface area (Å²) in [5.74, 6) is 0.309. The van der Waals surface area contributed by atoms with Crippen LogP contribution in [0.5, 0.6) is 0 Å². The molecule has 28 heavy (non-hydrogen) atoms. The Morgan fingerprint density at radius 3 is 2.64 bits per heavy atom. The Labute approximate surface area is 163 Å². The van der Waals surface area contributed by atoms with Crippen molar-refractivity contribution in [2.24, 2.45) is 0 Å². The number of likely N-dealkylation sites (tertiary alicyclic amines) is 1. The second-order valence-electron chi connectivity index (χ2n) is 6.40. The van der Waals surface area contributed by atoms with Gasteiger partial charge in [0.25, 0.3) is 5.91 Å². The van der Waals surface area contributed by atoms with Crippen molar-refractivity contribution in [1.82, 2.24) is 25.2 Å². The molecule has 0 atom stereocenters. The van der Waals surface area contributed by atoms with E-state index in [2.05, 4.69) is 25.6 Å². The first-order valence-electron chi connectivity index (χ1n) is 9.34.